The Labute approximate surface area is 127 Å². The van der Waals surface area contributed by atoms with Crippen LogP contribution in [-0.2, 0) is 20.9 Å². The van der Waals surface area contributed by atoms with Gasteiger partial charge in [0.1, 0.15) is 0 Å². The molecule has 0 atom stereocenters. The van der Waals surface area contributed by atoms with Crippen LogP contribution in [0.15, 0.2) is 0 Å². The largest absolute Gasteiger partial charge is 0.649 e. The van der Waals surface area contributed by atoms with Gasteiger partial charge in [0.15, 0.2) is 0 Å². The van der Waals surface area contributed by atoms with Crippen LogP contribution in [0.25, 0.3) is 0 Å². The van der Waals surface area contributed by atoms with Gasteiger partial charge in [0.25, 0.3) is 0 Å². The Hall–Kier alpha value is 0.549. The number of rotatable bonds is 12. The molecule has 0 heterocycles. The second kappa shape index (κ2) is 20.9. The average Bonchev–Trinajstić information content (AvgIpc) is 2.40. The molecule has 0 aromatic heterocycles. The van der Waals surface area contributed by atoms with E-state index < -0.39 is 25.4 Å². The zero-order chi connectivity index (χ0) is 14.8. The average molecular weight is 310 g/mol. The number of hydrogen-bond donors (Lipinski definition) is 0. The highest BCUT2D eigenvalue weighted by Gasteiger charge is 2.11. The first-order valence-electron chi connectivity index (χ1n) is 7.26. The van der Waals surface area contributed by atoms with E-state index in [9.17, 15) is 0 Å². The van der Waals surface area contributed by atoms with Gasteiger partial charge in [0.2, 0.25) is 0 Å². The zero-order valence-corrected chi connectivity index (χ0v) is 15.8. The minimum Gasteiger partial charge on any atom is -0.481 e. The molecule has 116 valence electrons. The molecule has 0 radical (unpaired) electrons. The minimum atomic E-state index is -1.73. The van der Waals surface area contributed by atoms with Gasteiger partial charge in [0, 0.05) is 33.0 Å². The van der Waals surface area contributed by atoms with Crippen molar-refractivity contribution in [1.29, 1.82) is 0 Å². The van der Waals surface area contributed by atoms with Crippen LogP contribution >= 0.6 is 0 Å². The van der Waals surface area contributed by atoms with Gasteiger partial charge in [-0.15, -0.1) is 0 Å². The van der Waals surface area contributed by atoms with Crippen molar-refractivity contribution in [2.24, 2.45) is 0 Å². The fourth-order valence-electron chi connectivity index (χ4n) is 1.02. The van der Waals surface area contributed by atoms with E-state index in [1.165, 1.54) is 0 Å². The summed E-state index contributed by atoms with van der Waals surface area (Å²) in [6, 6.07) is 0. The molecule has 0 unspecified atom stereocenters. The van der Waals surface area contributed by atoms with Crippen molar-refractivity contribution in [1.82, 2.24) is 0 Å². The predicted molar refractivity (Wildman–Crippen MR) is 81.7 cm³/mol. The molecule has 0 saturated heterocycles. The summed E-state index contributed by atoms with van der Waals surface area (Å²) in [6.07, 6.45) is 2.20. The Kier molecular flexibility index (Phi) is 24.0. The Morgan fingerprint density at radius 2 is 1.05 bits per heavy atom. The molecule has 0 aliphatic heterocycles. The van der Waals surface area contributed by atoms with Crippen LogP contribution in [0.5, 0.6) is 0 Å². The predicted octanol–water partition coefficient (Wildman–Crippen LogP) is 1.92. The fraction of sp³-hybridized carbons (Fsp3) is 1.00. The van der Waals surface area contributed by atoms with E-state index in [2.05, 4.69) is 13.8 Å². The summed E-state index contributed by atoms with van der Waals surface area (Å²) in [6.45, 7) is 13.8. The first-order chi connectivity index (χ1) is 9.26. The molecule has 0 aromatic carbocycles. The van der Waals surface area contributed by atoms with E-state index >= 15 is 0 Å². The lowest BCUT2D eigenvalue weighted by Crippen LogP contribution is -2.27. The maximum atomic E-state index is 5.22. The summed E-state index contributed by atoms with van der Waals surface area (Å²) < 4.78 is 26.1. The van der Waals surface area contributed by atoms with Gasteiger partial charge in [-0.1, -0.05) is 13.8 Å². The molecule has 0 amide bonds. The summed E-state index contributed by atoms with van der Waals surface area (Å²) >= 11 is -0.611. The summed E-state index contributed by atoms with van der Waals surface area (Å²) in [5, 5.41) is 0. The van der Waals surface area contributed by atoms with Crippen molar-refractivity contribution in [2.75, 3.05) is 33.0 Å². The van der Waals surface area contributed by atoms with Crippen LogP contribution in [0.3, 0.4) is 0 Å². The highest BCUT2D eigenvalue weighted by atomic mass is 28.3. The molecule has 0 aliphatic rings. The second-order valence-corrected chi connectivity index (χ2v) is 6.22. The lowest BCUT2D eigenvalue weighted by molar-refractivity contribution is 0.107. The Bertz CT molecular complexity index is 134. The molecule has 0 aliphatic carbocycles. The molecule has 0 spiro atoms. The molecule has 7 heteroatoms. The van der Waals surface area contributed by atoms with Crippen molar-refractivity contribution in [3.05, 3.63) is 0 Å². The first-order valence-corrected chi connectivity index (χ1v) is 9.83. The van der Waals surface area contributed by atoms with Gasteiger partial charge in [-0.3, -0.25) is 0 Å². The van der Waals surface area contributed by atoms with Gasteiger partial charge >= 0.3 is 25.4 Å². The highest BCUT2D eigenvalue weighted by Crippen LogP contribution is 1.91. The fourth-order valence-corrected chi connectivity index (χ4v) is 3.05. The first kappa shape index (κ1) is 21.8. The van der Waals surface area contributed by atoms with Crippen LogP contribution < -0.4 is 0 Å². The van der Waals surface area contributed by atoms with E-state index in [4.69, 9.17) is 20.9 Å². The molecule has 0 aromatic rings. The monoisotopic (exact) mass is 310 g/mol. The van der Waals surface area contributed by atoms with E-state index in [0.717, 1.165) is 26.1 Å². The second-order valence-electron chi connectivity index (χ2n) is 3.59. The standard InChI is InChI=1S/C6H16O3Si.2C3H7O.Al.H/c1-4-7-10(8-5-2)9-6-3;2*1-2-3-4;;/h10H,4-6H2,1-3H3;2*2-3H2,1H3;;/q;2*-1;+2;. The third kappa shape index (κ3) is 21.0. The van der Waals surface area contributed by atoms with Crippen molar-refractivity contribution >= 4 is 25.4 Å². The van der Waals surface area contributed by atoms with Gasteiger partial charge < -0.3 is 20.9 Å². The summed E-state index contributed by atoms with van der Waals surface area (Å²) in [5.41, 5.74) is 0. The minimum absolute atomic E-state index is 0.611. The van der Waals surface area contributed by atoms with Crippen molar-refractivity contribution in [3.63, 3.8) is 0 Å². The molecule has 5 nitrogen and oxygen atoms in total. The van der Waals surface area contributed by atoms with Crippen molar-refractivity contribution < 1.29 is 20.9 Å². The maximum absolute atomic E-state index is 5.22. The van der Waals surface area contributed by atoms with E-state index in [1.54, 1.807) is 0 Å². The molecule has 0 rings (SSSR count). The molecule has 0 saturated carbocycles. The van der Waals surface area contributed by atoms with Gasteiger partial charge in [-0.2, -0.15) is 0 Å². The molecule has 0 fully saturated rings. The molecular formula is C12H31AlO5Si. The summed E-state index contributed by atoms with van der Waals surface area (Å²) in [5.74, 6) is 0. The molecule has 0 bridgehead atoms. The third-order valence-electron chi connectivity index (χ3n) is 1.77. The van der Waals surface area contributed by atoms with Crippen molar-refractivity contribution in [3.8, 4) is 0 Å². The van der Waals surface area contributed by atoms with E-state index in [0.29, 0.717) is 19.8 Å². The third-order valence-corrected chi connectivity index (χ3v) is 4.50. The van der Waals surface area contributed by atoms with Crippen LogP contribution in [0.4, 0.5) is 0 Å². The quantitative estimate of drug-likeness (QED) is 0.407. The maximum Gasteiger partial charge on any atom is 0.649 e. The molecule has 0 N–H and O–H groups in total. The van der Waals surface area contributed by atoms with E-state index in [1.807, 2.05) is 20.8 Å². The van der Waals surface area contributed by atoms with Crippen LogP contribution in [0.2, 0.25) is 0 Å². The van der Waals surface area contributed by atoms with Crippen molar-refractivity contribution in [2.45, 2.75) is 47.5 Å². The summed E-state index contributed by atoms with van der Waals surface area (Å²) in [4.78, 5) is 0. The summed E-state index contributed by atoms with van der Waals surface area (Å²) in [7, 11) is -1.73. The Balaban J connectivity index is 0. The van der Waals surface area contributed by atoms with E-state index in [-0.39, 0.29) is 0 Å². The normalized spacial score (nSPS) is 10.2. The smallest absolute Gasteiger partial charge is 0.481 e. The topological polar surface area (TPSA) is 46.2 Å². The Morgan fingerprint density at radius 1 is 0.684 bits per heavy atom. The van der Waals surface area contributed by atoms with Gasteiger partial charge in [-0.05, 0) is 33.6 Å². The van der Waals surface area contributed by atoms with Crippen LogP contribution in [0, 0.1) is 0 Å². The lowest BCUT2D eigenvalue weighted by atomic mass is 10.5. The SMILES string of the molecule is CCC[O][AlH][O]CCC.CCO[SiH](OCC)OCC. The molecule has 19 heavy (non-hydrogen) atoms. The number of hydrogen-bond acceptors (Lipinski definition) is 5. The Morgan fingerprint density at radius 3 is 1.32 bits per heavy atom. The van der Waals surface area contributed by atoms with Crippen LogP contribution in [0.1, 0.15) is 47.5 Å². The lowest BCUT2D eigenvalue weighted by Gasteiger charge is -2.12. The highest BCUT2D eigenvalue weighted by molar-refractivity contribution is 6.36. The van der Waals surface area contributed by atoms with Gasteiger partial charge in [0.05, 0.1) is 0 Å². The van der Waals surface area contributed by atoms with Crippen LogP contribution in [-0.4, -0.2) is 58.4 Å². The zero-order valence-electron chi connectivity index (χ0n) is 13.3. The molecular weight excluding hydrogens is 279 g/mol. The van der Waals surface area contributed by atoms with Gasteiger partial charge in [-0.25, -0.2) is 0 Å².